The SMILES string of the molecule is Cc1cc(C)c(C(=O)N(Cc2ccccc2)Cc2ccccc2)c(N(C)C)n1. The zero-order chi connectivity index (χ0) is 20.1. The maximum Gasteiger partial charge on any atom is 0.258 e. The Morgan fingerprint density at radius 3 is 1.82 bits per heavy atom. The van der Waals surface area contributed by atoms with Crippen LogP contribution in [0.25, 0.3) is 0 Å². The van der Waals surface area contributed by atoms with Gasteiger partial charge in [0.1, 0.15) is 5.82 Å². The van der Waals surface area contributed by atoms with Gasteiger partial charge in [0.05, 0.1) is 5.56 Å². The summed E-state index contributed by atoms with van der Waals surface area (Å²) in [7, 11) is 3.85. The Morgan fingerprint density at radius 1 is 0.857 bits per heavy atom. The van der Waals surface area contributed by atoms with Crippen LogP contribution in [0.1, 0.15) is 32.7 Å². The second-order valence-electron chi connectivity index (χ2n) is 7.31. The van der Waals surface area contributed by atoms with E-state index in [1.54, 1.807) is 0 Å². The molecule has 28 heavy (non-hydrogen) atoms. The van der Waals surface area contributed by atoms with Gasteiger partial charge in [-0.2, -0.15) is 0 Å². The Hall–Kier alpha value is -3.14. The van der Waals surface area contributed by atoms with Crippen LogP contribution in [0.15, 0.2) is 66.7 Å². The van der Waals surface area contributed by atoms with E-state index in [0.717, 1.165) is 22.4 Å². The van der Waals surface area contributed by atoms with Crippen molar-refractivity contribution in [2.45, 2.75) is 26.9 Å². The Morgan fingerprint density at radius 2 is 1.36 bits per heavy atom. The van der Waals surface area contributed by atoms with Gasteiger partial charge in [0.2, 0.25) is 0 Å². The highest BCUT2D eigenvalue weighted by Crippen LogP contribution is 2.24. The van der Waals surface area contributed by atoms with Crippen molar-refractivity contribution < 1.29 is 4.79 Å². The molecule has 0 N–H and O–H groups in total. The highest BCUT2D eigenvalue weighted by atomic mass is 16.2. The molecule has 2 aromatic carbocycles. The molecule has 0 aliphatic rings. The number of rotatable bonds is 6. The molecule has 0 radical (unpaired) electrons. The number of benzene rings is 2. The normalized spacial score (nSPS) is 10.6. The van der Waals surface area contributed by atoms with E-state index in [9.17, 15) is 4.79 Å². The first-order valence-electron chi connectivity index (χ1n) is 9.48. The molecule has 4 heteroatoms. The van der Waals surface area contributed by atoms with Crippen LogP contribution in [-0.2, 0) is 13.1 Å². The average molecular weight is 374 g/mol. The topological polar surface area (TPSA) is 36.4 Å². The summed E-state index contributed by atoms with van der Waals surface area (Å²) in [6, 6.07) is 22.2. The van der Waals surface area contributed by atoms with Crippen LogP contribution < -0.4 is 4.90 Å². The Balaban J connectivity index is 2.01. The quantitative estimate of drug-likeness (QED) is 0.633. The first-order chi connectivity index (χ1) is 13.5. The molecule has 0 saturated carbocycles. The number of anilines is 1. The molecule has 1 heterocycles. The highest BCUT2D eigenvalue weighted by molar-refractivity contribution is 6.00. The van der Waals surface area contributed by atoms with Gasteiger partial charge < -0.3 is 9.80 Å². The molecule has 0 aliphatic heterocycles. The van der Waals surface area contributed by atoms with Crippen molar-refractivity contribution in [2.75, 3.05) is 19.0 Å². The van der Waals surface area contributed by atoms with E-state index in [1.807, 2.05) is 80.2 Å². The Bertz CT molecular complexity index is 895. The summed E-state index contributed by atoms with van der Waals surface area (Å²) in [6.07, 6.45) is 0. The molecule has 4 nitrogen and oxygen atoms in total. The fourth-order valence-corrected chi connectivity index (χ4v) is 3.37. The third kappa shape index (κ3) is 4.58. The minimum absolute atomic E-state index is 0.00130. The van der Waals surface area contributed by atoms with Gasteiger partial charge in [-0.25, -0.2) is 4.98 Å². The van der Waals surface area contributed by atoms with E-state index in [-0.39, 0.29) is 5.91 Å². The maximum atomic E-state index is 13.7. The van der Waals surface area contributed by atoms with E-state index in [0.29, 0.717) is 24.5 Å². The molecule has 0 aliphatic carbocycles. The summed E-state index contributed by atoms with van der Waals surface area (Å²) in [5.41, 5.74) is 4.75. The van der Waals surface area contributed by atoms with Crippen LogP contribution in [0.4, 0.5) is 5.82 Å². The number of aromatic nitrogens is 1. The van der Waals surface area contributed by atoms with Crippen molar-refractivity contribution >= 4 is 11.7 Å². The first-order valence-corrected chi connectivity index (χ1v) is 9.48. The molecule has 0 bridgehead atoms. The lowest BCUT2D eigenvalue weighted by Crippen LogP contribution is -2.32. The van der Waals surface area contributed by atoms with Gasteiger partial charge in [0, 0.05) is 32.9 Å². The van der Waals surface area contributed by atoms with Gasteiger partial charge in [-0.1, -0.05) is 60.7 Å². The van der Waals surface area contributed by atoms with E-state index in [2.05, 4.69) is 29.2 Å². The second-order valence-corrected chi connectivity index (χ2v) is 7.31. The number of carbonyl (C=O) groups excluding carboxylic acids is 1. The summed E-state index contributed by atoms with van der Waals surface area (Å²) in [5.74, 6) is 0.718. The van der Waals surface area contributed by atoms with Crippen LogP contribution >= 0.6 is 0 Å². The zero-order valence-electron chi connectivity index (χ0n) is 17.0. The minimum atomic E-state index is 0.00130. The van der Waals surface area contributed by atoms with Gasteiger partial charge >= 0.3 is 0 Å². The molecule has 1 aromatic heterocycles. The second kappa shape index (κ2) is 8.70. The lowest BCUT2D eigenvalue weighted by Gasteiger charge is -2.26. The number of hydrogen-bond donors (Lipinski definition) is 0. The number of amides is 1. The van der Waals surface area contributed by atoms with Crippen molar-refractivity contribution in [3.8, 4) is 0 Å². The molecule has 1 amide bonds. The predicted octanol–water partition coefficient (Wildman–Crippen LogP) is 4.61. The summed E-state index contributed by atoms with van der Waals surface area (Å²) < 4.78 is 0. The summed E-state index contributed by atoms with van der Waals surface area (Å²) in [4.78, 5) is 22.1. The largest absolute Gasteiger partial charge is 0.362 e. The molecule has 0 spiro atoms. The van der Waals surface area contributed by atoms with Crippen molar-refractivity contribution in [1.29, 1.82) is 0 Å². The van der Waals surface area contributed by atoms with E-state index >= 15 is 0 Å². The number of hydrogen-bond acceptors (Lipinski definition) is 3. The standard InChI is InChI=1S/C24H27N3O/c1-18-15-19(2)25-23(26(3)4)22(18)24(28)27(16-20-11-7-5-8-12-20)17-21-13-9-6-10-14-21/h5-15H,16-17H2,1-4H3. The smallest absolute Gasteiger partial charge is 0.258 e. The Kier molecular flexibility index (Phi) is 6.09. The predicted molar refractivity (Wildman–Crippen MR) is 114 cm³/mol. The summed E-state index contributed by atoms with van der Waals surface area (Å²) in [5, 5.41) is 0. The van der Waals surface area contributed by atoms with Crippen LogP contribution in [0, 0.1) is 13.8 Å². The molecule has 0 saturated heterocycles. The summed E-state index contributed by atoms with van der Waals surface area (Å²) in [6.45, 7) is 5.04. The maximum absolute atomic E-state index is 13.7. The highest BCUT2D eigenvalue weighted by Gasteiger charge is 2.24. The lowest BCUT2D eigenvalue weighted by atomic mass is 10.1. The molecule has 0 atom stereocenters. The van der Waals surface area contributed by atoms with Gasteiger partial charge in [0.15, 0.2) is 0 Å². The van der Waals surface area contributed by atoms with Crippen LogP contribution in [0.2, 0.25) is 0 Å². The molecule has 0 unspecified atom stereocenters. The Labute approximate surface area is 167 Å². The van der Waals surface area contributed by atoms with Gasteiger partial charge in [-0.05, 0) is 36.6 Å². The fraction of sp³-hybridized carbons (Fsp3) is 0.250. The third-order valence-electron chi connectivity index (χ3n) is 4.68. The molecular weight excluding hydrogens is 346 g/mol. The molecule has 144 valence electrons. The monoisotopic (exact) mass is 373 g/mol. The molecular formula is C24H27N3O. The average Bonchev–Trinajstić information content (AvgIpc) is 2.68. The minimum Gasteiger partial charge on any atom is -0.362 e. The van der Waals surface area contributed by atoms with Gasteiger partial charge in [-0.15, -0.1) is 0 Å². The van der Waals surface area contributed by atoms with Crippen LogP contribution in [0.3, 0.4) is 0 Å². The van der Waals surface area contributed by atoms with E-state index in [1.165, 1.54) is 0 Å². The van der Waals surface area contributed by atoms with Gasteiger partial charge in [-0.3, -0.25) is 4.79 Å². The van der Waals surface area contributed by atoms with Crippen molar-refractivity contribution in [3.05, 3.63) is 94.7 Å². The van der Waals surface area contributed by atoms with Crippen molar-refractivity contribution in [1.82, 2.24) is 9.88 Å². The van der Waals surface area contributed by atoms with Crippen LogP contribution in [-0.4, -0.2) is 29.9 Å². The third-order valence-corrected chi connectivity index (χ3v) is 4.68. The van der Waals surface area contributed by atoms with Gasteiger partial charge in [0.25, 0.3) is 5.91 Å². The van der Waals surface area contributed by atoms with E-state index < -0.39 is 0 Å². The van der Waals surface area contributed by atoms with Crippen molar-refractivity contribution in [3.63, 3.8) is 0 Å². The van der Waals surface area contributed by atoms with E-state index in [4.69, 9.17) is 0 Å². The summed E-state index contributed by atoms with van der Waals surface area (Å²) >= 11 is 0. The number of pyridine rings is 1. The molecule has 3 rings (SSSR count). The lowest BCUT2D eigenvalue weighted by molar-refractivity contribution is 0.0729. The number of nitrogens with zero attached hydrogens (tertiary/aromatic N) is 3. The number of aryl methyl sites for hydroxylation is 2. The molecule has 3 aromatic rings. The number of carbonyl (C=O) groups is 1. The zero-order valence-corrected chi connectivity index (χ0v) is 17.0. The van der Waals surface area contributed by atoms with Crippen LogP contribution in [0.5, 0.6) is 0 Å². The fourth-order valence-electron chi connectivity index (χ4n) is 3.37. The molecule has 0 fully saturated rings. The first kappa shape index (κ1) is 19.6. The van der Waals surface area contributed by atoms with Crippen molar-refractivity contribution in [2.24, 2.45) is 0 Å².